The van der Waals surface area contributed by atoms with Crippen molar-refractivity contribution in [3.63, 3.8) is 0 Å². The number of aryl methyl sites for hydroxylation is 1. The van der Waals surface area contributed by atoms with Gasteiger partial charge in [0, 0.05) is 26.7 Å². The Morgan fingerprint density at radius 1 is 1.03 bits per heavy atom. The van der Waals surface area contributed by atoms with Crippen LogP contribution in [0.5, 0.6) is 0 Å². The minimum Gasteiger partial charge on any atom is -0.352 e. The van der Waals surface area contributed by atoms with E-state index in [-0.39, 0.29) is 24.2 Å². The average Bonchev–Trinajstić information content (AvgIpc) is 2.78. The van der Waals surface area contributed by atoms with Crippen molar-refractivity contribution in [1.29, 1.82) is 0 Å². The number of amides is 2. The van der Waals surface area contributed by atoms with Crippen LogP contribution in [0.3, 0.4) is 0 Å². The Hall–Kier alpha value is -2.98. The molecule has 0 radical (unpaired) electrons. The van der Waals surface area contributed by atoms with Gasteiger partial charge in [0.2, 0.25) is 11.8 Å². The highest BCUT2D eigenvalue weighted by atomic mass is 32.2. The van der Waals surface area contributed by atoms with Gasteiger partial charge in [-0.15, -0.1) is 0 Å². The van der Waals surface area contributed by atoms with Gasteiger partial charge in [-0.25, -0.2) is 8.70 Å². The molecule has 1 N–H and O–H groups in total. The summed E-state index contributed by atoms with van der Waals surface area (Å²) in [5, 5.41) is 2.85. The Bertz CT molecular complexity index is 1120. The van der Waals surface area contributed by atoms with E-state index >= 15 is 0 Å². The predicted octanol–water partition coefficient (Wildman–Crippen LogP) is 3.08. The summed E-state index contributed by atoms with van der Waals surface area (Å²) in [5.74, 6) is -1.39. The number of hydrogen-bond donors (Lipinski definition) is 1. The van der Waals surface area contributed by atoms with Gasteiger partial charge in [0.25, 0.3) is 0 Å². The van der Waals surface area contributed by atoms with Crippen molar-refractivity contribution in [2.75, 3.05) is 24.9 Å². The van der Waals surface area contributed by atoms with E-state index in [9.17, 15) is 22.4 Å². The van der Waals surface area contributed by atoms with Crippen LogP contribution in [0.2, 0.25) is 0 Å². The van der Waals surface area contributed by atoms with Crippen molar-refractivity contribution >= 4 is 27.7 Å². The van der Waals surface area contributed by atoms with Gasteiger partial charge in [0.15, 0.2) is 0 Å². The van der Waals surface area contributed by atoms with Crippen LogP contribution < -0.4 is 9.62 Å². The highest BCUT2D eigenvalue weighted by molar-refractivity contribution is 7.90. The van der Waals surface area contributed by atoms with Crippen LogP contribution in [-0.2, 0) is 26.3 Å². The third-order valence-electron chi connectivity index (χ3n) is 5.55. The highest BCUT2D eigenvalue weighted by Gasteiger charge is 2.34. The maximum absolute atomic E-state index is 13.7. The minimum absolute atomic E-state index is 0.128. The summed E-state index contributed by atoms with van der Waals surface area (Å²) >= 11 is 0. The van der Waals surface area contributed by atoms with Gasteiger partial charge in [-0.1, -0.05) is 31.2 Å². The molecule has 0 saturated heterocycles. The van der Waals surface area contributed by atoms with Crippen LogP contribution in [0.15, 0.2) is 48.5 Å². The summed E-state index contributed by atoms with van der Waals surface area (Å²) in [7, 11) is -1.38. The summed E-state index contributed by atoms with van der Waals surface area (Å²) < 4.78 is 41.7. The molecule has 0 aliphatic heterocycles. The standard InChI is InChI=1S/C25H35FN4O4S/c1-7-23(25(32)27-18(2)3)29(16-20-11-9-8-10-19(20)4)24(31)17-30(35(33,34)28(5)6)22-14-12-21(26)13-15-22/h8-15,18,23H,7,16-17H2,1-6H3,(H,27,32)/t23-/m1/s1. The molecule has 0 saturated carbocycles. The summed E-state index contributed by atoms with van der Waals surface area (Å²) in [5.41, 5.74) is 1.94. The summed E-state index contributed by atoms with van der Waals surface area (Å²) in [6.45, 7) is 6.96. The van der Waals surface area contributed by atoms with E-state index < -0.39 is 34.5 Å². The lowest BCUT2D eigenvalue weighted by Gasteiger charge is -2.34. The van der Waals surface area contributed by atoms with Gasteiger partial charge in [0.1, 0.15) is 18.4 Å². The van der Waals surface area contributed by atoms with Gasteiger partial charge >= 0.3 is 10.2 Å². The summed E-state index contributed by atoms with van der Waals surface area (Å²) in [6.07, 6.45) is 0.340. The number of nitrogens with one attached hydrogen (secondary N) is 1. The molecule has 192 valence electrons. The second-order valence-electron chi connectivity index (χ2n) is 8.81. The highest BCUT2D eigenvalue weighted by Crippen LogP contribution is 2.22. The molecule has 0 spiro atoms. The Kier molecular flexibility index (Phi) is 9.79. The third kappa shape index (κ3) is 7.25. The van der Waals surface area contributed by atoms with Crippen molar-refractivity contribution < 1.29 is 22.4 Å². The zero-order chi connectivity index (χ0) is 26.3. The third-order valence-corrected chi connectivity index (χ3v) is 7.37. The fourth-order valence-corrected chi connectivity index (χ4v) is 4.65. The van der Waals surface area contributed by atoms with E-state index in [1.165, 1.54) is 31.1 Å². The Morgan fingerprint density at radius 3 is 2.14 bits per heavy atom. The zero-order valence-electron chi connectivity index (χ0n) is 21.2. The van der Waals surface area contributed by atoms with Gasteiger partial charge in [-0.05, 0) is 62.6 Å². The lowest BCUT2D eigenvalue weighted by atomic mass is 10.1. The number of carbonyl (C=O) groups excluding carboxylic acids is 2. The molecule has 1 atom stereocenters. The van der Waals surface area contributed by atoms with E-state index in [0.29, 0.717) is 6.42 Å². The molecule has 0 fully saturated rings. The SMILES string of the molecule is CC[C@H](C(=O)NC(C)C)N(Cc1ccccc1C)C(=O)CN(c1ccc(F)cc1)S(=O)(=O)N(C)C. The molecule has 2 aromatic carbocycles. The molecule has 35 heavy (non-hydrogen) atoms. The number of halogens is 1. The molecule has 0 bridgehead atoms. The summed E-state index contributed by atoms with van der Waals surface area (Å²) in [4.78, 5) is 28.2. The number of benzene rings is 2. The van der Waals surface area contributed by atoms with Crippen molar-refractivity contribution in [2.45, 2.75) is 52.7 Å². The van der Waals surface area contributed by atoms with Crippen LogP contribution >= 0.6 is 0 Å². The number of rotatable bonds is 11. The van der Waals surface area contributed by atoms with Crippen molar-refractivity contribution in [3.8, 4) is 0 Å². The van der Waals surface area contributed by atoms with Crippen LogP contribution in [0.1, 0.15) is 38.3 Å². The molecular weight excluding hydrogens is 471 g/mol. The molecule has 2 rings (SSSR count). The van der Waals surface area contributed by atoms with Gasteiger partial charge in [-0.2, -0.15) is 12.7 Å². The van der Waals surface area contributed by atoms with E-state index in [1.54, 1.807) is 6.92 Å². The van der Waals surface area contributed by atoms with Crippen molar-refractivity contribution in [3.05, 3.63) is 65.5 Å². The van der Waals surface area contributed by atoms with Crippen LogP contribution in [0.4, 0.5) is 10.1 Å². The molecule has 8 nitrogen and oxygen atoms in total. The van der Waals surface area contributed by atoms with Gasteiger partial charge in [-0.3, -0.25) is 9.59 Å². The first-order valence-corrected chi connectivity index (χ1v) is 12.9. The second kappa shape index (κ2) is 12.1. The summed E-state index contributed by atoms with van der Waals surface area (Å²) in [6, 6.07) is 11.5. The molecule has 0 aliphatic rings. The van der Waals surface area contributed by atoms with Gasteiger partial charge < -0.3 is 10.2 Å². The molecule has 10 heteroatoms. The molecule has 0 heterocycles. The smallest absolute Gasteiger partial charge is 0.304 e. The molecular formula is C25H35FN4O4S. The van der Waals surface area contributed by atoms with E-state index in [2.05, 4.69) is 5.32 Å². The molecule has 0 aromatic heterocycles. The quantitative estimate of drug-likeness (QED) is 0.507. The van der Waals surface area contributed by atoms with Crippen LogP contribution in [0.25, 0.3) is 0 Å². The molecule has 2 amide bonds. The molecule has 0 aliphatic carbocycles. The fourth-order valence-electron chi connectivity index (χ4n) is 3.60. The van der Waals surface area contributed by atoms with Crippen molar-refractivity contribution in [2.24, 2.45) is 0 Å². The number of anilines is 1. The maximum atomic E-state index is 13.7. The second-order valence-corrected chi connectivity index (χ2v) is 10.9. The Labute approximate surface area is 207 Å². The van der Waals surface area contributed by atoms with E-state index in [0.717, 1.165) is 31.9 Å². The van der Waals surface area contributed by atoms with Crippen LogP contribution in [0, 0.1) is 12.7 Å². The fraction of sp³-hybridized carbons (Fsp3) is 0.440. The minimum atomic E-state index is -4.09. The average molecular weight is 507 g/mol. The molecule has 2 aromatic rings. The topological polar surface area (TPSA) is 90.0 Å². The van der Waals surface area contributed by atoms with E-state index in [1.807, 2.05) is 45.0 Å². The number of nitrogens with zero attached hydrogens (tertiary/aromatic N) is 3. The first kappa shape index (κ1) is 28.3. The predicted molar refractivity (Wildman–Crippen MR) is 135 cm³/mol. The largest absolute Gasteiger partial charge is 0.352 e. The lowest BCUT2D eigenvalue weighted by molar-refractivity contribution is -0.140. The normalized spacial score (nSPS) is 12.5. The van der Waals surface area contributed by atoms with Gasteiger partial charge in [0.05, 0.1) is 5.69 Å². The number of hydrogen-bond acceptors (Lipinski definition) is 4. The maximum Gasteiger partial charge on any atom is 0.304 e. The zero-order valence-corrected chi connectivity index (χ0v) is 22.0. The Balaban J connectivity index is 2.51. The van der Waals surface area contributed by atoms with E-state index in [4.69, 9.17) is 0 Å². The molecule has 0 unspecified atom stereocenters. The first-order chi connectivity index (χ1) is 16.4. The number of carbonyl (C=O) groups is 2. The van der Waals surface area contributed by atoms with Crippen LogP contribution in [-0.4, -0.2) is 62.2 Å². The monoisotopic (exact) mass is 506 g/mol. The first-order valence-electron chi connectivity index (χ1n) is 11.5. The lowest BCUT2D eigenvalue weighted by Crippen LogP contribution is -2.54. The Morgan fingerprint density at radius 2 is 1.63 bits per heavy atom. The van der Waals surface area contributed by atoms with Crippen molar-refractivity contribution in [1.82, 2.24) is 14.5 Å².